The lowest BCUT2D eigenvalue weighted by Crippen LogP contribution is -2.34. The Hall–Kier alpha value is -2.43. The molecule has 1 aromatic carbocycles. The molecule has 1 amide bonds. The highest BCUT2D eigenvalue weighted by atomic mass is 16.1. The zero-order valence-electron chi connectivity index (χ0n) is 15.2. The summed E-state index contributed by atoms with van der Waals surface area (Å²) in [5.41, 5.74) is 2.73. The Labute approximate surface area is 149 Å². The van der Waals surface area contributed by atoms with Crippen LogP contribution in [0.1, 0.15) is 47.2 Å². The maximum atomic E-state index is 12.5. The van der Waals surface area contributed by atoms with Gasteiger partial charge in [0.2, 0.25) is 0 Å². The lowest BCUT2D eigenvalue weighted by Gasteiger charge is -2.31. The number of rotatable bonds is 4. The van der Waals surface area contributed by atoms with E-state index in [9.17, 15) is 4.79 Å². The number of carbonyl (C=O) groups excluding carboxylic acids is 1. The van der Waals surface area contributed by atoms with Crippen LogP contribution < -0.4 is 10.2 Å². The van der Waals surface area contributed by atoms with Crippen LogP contribution in [-0.4, -0.2) is 29.0 Å². The number of anilines is 1. The summed E-state index contributed by atoms with van der Waals surface area (Å²) in [6.07, 6.45) is 2.33. The van der Waals surface area contributed by atoms with Crippen molar-refractivity contribution in [3.8, 4) is 0 Å². The van der Waals surface area contributed by atoms with Gasteiger partial charge in [0.05, 0.1) is 0 Å². The molecule has 2 heterocycles. The van der Waals surface area contributed by atoms with Gasteiger partial charge in [0.1, 0.15) is 17.3 Å². The molecule has 0 unspecified atom stereocenters. The quantitative estimate of drug-likeness (QED) is 0.929. The molecule has 25 heavy (non-hydrogen) atoms. The smallest absolute Gasteiger partial charge is 0.270 e. The van der Waals surface area contributed by atoms with Gasteiger partial charge in [0, 0.05) is 25.7 Å². The first-order valence-electron chi connectivity index (χ1n) is 8.96. The van der Waals surface area contributed by atoms with E-state index >= 15 is 0 Å². The normalized spacial score (nSPS) is 15.2. The molecule has 1 fully saturated rings. The molecule has 3 rings (SSSR count). The minimum absolute atomic E-state index is 0.152. The lowest BCUT2D eigenvalue weighted by molar-refractivity contribution is 0.0945. The molecule has 0 saturated carbocycles. The maximum Gasteiger partial charge on any atom is 0.270 e. The Morgan fingerprint density at radius 1 is 1.20 bits per heavy atom. The van der Waals surface area contributed by atoms with Crippen LogP contribution in [0.3, 0.4) is 0 Å². The Balaban J connectivity index is 1.71. The van der Waals surface area contributed by atoms with Gasteiger partial charge in [-0.2, -0.15) is 0 Å². The number of nitrogens with zero attached hydrogens (tertiary/aromatic N) is 3. The molecule has 1 aliphatic heterocycles. The molecule has 5 heteroatoms. The molecule has 1 aliphatic rings. The summed E-state index contributed by atoms with van der Waals surface area (Å²) in [5.74, 6) is 2.11. The molecule has 1 N–H and O–H groups in total. The zero-order chi connectivity index (χ0) is 17.8. The number of carbonyl (C=O) groups is 1. The van der Waals surface area contributed by atoms with Crippen molar-refractivity contribution in [2.75, 3.05) is 18.0 Å². The van der Waals surface area contributed by atoms with E-state index < -0.39 is 0 Å². The molecular formula is C20H26N4O. The van der Waals surface area contributed by atoms with E-state index in [1.54, 1.807) is 0 Å². The van der Waals surface area contributed by atoms with Gasteiger partial charge in [0.15, 0.2) is 0 Å². The van der Waals surface area contributed by atoms with Crippen LogP contribution in [0.5, 0.6) is 0 Å². The van der Waals surface area contributed by atoms with Gasteiger partial charge in [-0.15, -0.1) is 0 Å². The fourth-order valence-electron chi connectivity index (χ4n) is 3.14. The maximum absolute atomic E-state index is 12.5. The molecule has 0 bridgehead atoms. The summed E-state index contributed by atoms with van der Waals surface area (Å²) in [6, 6.07) is 9.88. The van der Waals surface area contributed by atoms with E-state index in [1.165, 1.54) is 5.56 Å². The van der Waals surface area contributed by atoms with Crippen LogP contribution in [0.4, 0.5) is 5.82 Å². The van der Waals surface area contributed by atoms with Gasteiger partial charge >= 0.3 is 0 Å². The van der Waals surface area contributed by atoms with E-state index in [0.29, 0.717) is 18.1 Å². The number of aryl methyl sites for hydroxylation is 2. The first kappa shape index (κ1) is 17.4. The minimum atomic E-state index is -0.152. The van der Waals surface area contributed by atoms with E-state index in [1.807, 2.05) is 44.2 Å². The molecule has 0 aliphatic carbocycles. The number of hydrogen-bond acceptors (Lipinski definition) is 4. The van der Waals surface area contributed by atoms with Crippen molar-refractivity contribution in [2.45, 2.75) is 40.2 Å². The van der Waals surface area contributed by atoms with Crippen molar-refractivity contribution < 1.29 is 4.79 Å². The monoisotopic (exact) mass is 338 g/mol. The molecule has 1 aromatic heterocycles. The average Bonchev–Trinajstić information content (AvgIpc) is 2.61. The predicted octanol–water partition coefficient (Wildman–Crippen LogP) is 3.26. The second kappa shape index (κ2) is 7.64. The Morgan fingerprint density at radius 2 is 1.92 bits per heavy atom. The van der Waals surface area contributed by atoms with E-state index in [2.05, 4.69) is 27.1 Å². The third kappa shape index (κ3) is 4.35. The first-order chi connectivity index (χ1) is 12.0. The highest BCUT2D eigenvalue weighted by Crippen LogP contribution is 2.22. The van der Waals surface area contributed by atoms with Crippen LogP contribution in [0.2, 0.25) is 0 Å². The molecule has 2 aromatic rings. The lowest BCUT2D eigenvalue weighted by atomic mass is 9.99. The van der Waals surface area contributed by atoms with Gasteiger partial charge < -0.3 is 10.2 Å². The SMILES string of the molecule is Cc1nc(C(=O)NCc2ccccc2C)cc(N2CCC(C)CC2)n1. The Kier molecular flexibility index (Phi) is 5.31. The summed E-state index contributed by atoms with van der Waals surface area (Å²) in [6.45, 7) is 8.65. The average molecular weight is 338 g/mol. The molecule has 5 nitrogen and oxygen atoms in total. The van der Waals surface area contributed by atoms with Crippen LogP contribution in [0.15, 0.2) is 30.3 Å². The van der Waals surface area contributed by atoms with Crippen LogP contribution in [0.25, 0.3) is 0 Å². The summed E-state index contributed by atoms with van der Waals surface area (Å²) < 4.78 is 0. The van der Waals surface area contributed by atoms with Gasteiger partial charge in [-0.1, -0.05) is 31.2 Å². The topological polar surface area (TPSA) is 58.1 Å². The second-order valence-electron chi connectivity index (χ2n) is 6.94. The fourth-order valence-corrected chi connectivity index (χ4v) is 3.14. The minimum Gasteiger partial charge on any atom is -0.356 e. The Bertz CT molecular complexity index is 751. The van der Waals surface area contributed by atoms with Crippen molar-refractivity contribution in [1.29, 1.82) is 0 Å². The van der Waals surface area contributed by atoms with Gasteiger partial charge in [-0.3, -0.25) is 4.79 Å². The number of aromatic nitrogens is 2. The first-order valence-corrected chi connectivity index (χ1v) is 8.96. The van der Waals surface area contributed by atoms with Crippen LogP contribution in [0, 0.1) is 19.8 Å². The zero-order valence-corrected chi connectivity index (χ0v) is 15.2. The number of amides is 1. The van der Waals surface area contributed by atoms with Crippen LogP contribution in [-0.2, 0) is 6.54 Å². The van der Waals surface area contributed by atoms with Gasteiger partial charge in [0.25, 0.3) is 5.91 Å². The molecule has 132 valence electrons. The van der Waals surface area contributed by atoms with Crippen molar-refractivity contribution in [3.63, 3.8) is 0 Å². The third-order valence-corrected chi connectivity index (χ3v) is 4.87. The number of piperidine rings is 1. The largest absolute Gasteiger partial charge is 0.356 e. The summed E-state index contributed by atoms with van der Waals surface area (Å²) in [4.78, 5) is 23.7. The summed E-state index contributed by atoms with van der Waals surface area (Å²) in [7, 11) is 0. The standard InChI is InChI=1S/C20H26N4O/c1-14-8-10-24(11-9-14)19-12-18(22-16(3)23-19)20(25)21-13-17-7-5-4-6-15(17)2/h4-7,12,14H,8-11,13H2,1-3H3,(H,21,25). The fraction of sp³-hybridized carbons (Fsp3) is 0.450. The third-order valence-electron chi connectivity index (χ3n) is 4.87. The Morgan fingerprint density at radius 3 is 2.64 bits per heavy atom. The van der Waals surface area contributed by atoms with E-state index in [4.69, 9.17) is 0 Å². The van der Waals surface area contributed by atoms with Gasteiger partial charge in [-0.05, 0) is 43.7 Å². The summed E-state index contributed by atoms with van der Waals surface area (Å²) >= 11 is 0. The molecular weight excluding hydrogens is 312 g/mol. The predicted molar refractivity (Wildman–Crippen MR) is 99.7 cm³/mol. The van der Waals surface area contributed by atoms with Crippen molar-refractivity contribution in [1.82, 2.24) is 15.3 Å². The number of hydrogen-bond donors (Lipinski definition) is 1. The highest BCUT2D eigenvalue weighted by molar-refractivity contribution is 5.92. The van der Waals surface area contributed by atoms with Crippen molar-refractivity contribution in [2.24, 2.45) is 5.92 Å². The van der Waals surface area contributed by atoms with Gasteiger partial charge in [-0.25, -0.2) is 9.97 Å². The summed E-state index contributed by atoms with van der Waals surface area (Å²) in [5, 5.41) is 2.97. The highest BCUT2D eigenvalue weighted by Gasteiger charge is 2.19. The number of benzene rings is 1. The van der Waals surface area contributed by atoms with Crippen LogP contribution >= 0.6 is 0 Å². The number of nitrogens with one attached hydrogen (secondary N) is 1. The van der Waals surface area contributed by atoms with E-state index in [0.717, 1.165) is 43.2 Å². The van der Waals surface area contributed by atoms with Crippen molar-refractivity contribution >= 4 is 11.7 Å². The van der Waals surface area contributed by atoms with E-state index in [-0.39, 0.29) is 5.91 Å². The molecule has 0 spiro atoms. The molecule has 0 atom stereocenters. The second-order valence-corrected chi connectivity index (χ2v) is 6.94. The molecule has 1 saturated heterocycles. The molecule has 0 radical (unpaired) electrons. The van der Waals surface area contributed by atoms with Crippen molar-refractivity contribution in [3.05, 3.63) is 53.0 Å².